The summed E-state index contributed by atoms with van der Waals surface area (Å²) in [6, 6.07) is 5.49. The Kier molecular flexibility index (Phi) is 2.97. The van der Waals surface area contributed by atoms with Gasteiger partial charge in [-0.3, -0.25) is 9.59 Å². The van der Waals surface area contributed by atoms with E-state index < -0.39 is 6.04 Å². The van der Waals surface area contributed by atoms with E-state index >= 15 is 0 Å². The van der Waals surface area contributed by atoms with E-state index in [0.29, 0.717) is 12.2 Å². The molecular weight excluding hydrogens is 247 g/mol. The maximum absolute atomic E-state index is 13.3. The number of carbonyl (C=O) groups excluding carboxylic acids is 2. The van der Waals surface area contributed by atoms with Gasteiger partial charge in [0.1, 0.15) is 11.9 Å². The molecule has 2 fully saturated rings. The van der Waals surface area contributed by atoms with Crippen molar-refractivity contribution >= 4 is 17.5 Å². The van der Waals surface area contributed by atoms with Gasteiger partial charge in [-0.1, -0.05) is 6.07 Å². The highest BCUT2D eigenvalue weighted by Crippen LogP contribution is 2.35. The number of halogens is 1. The van der Waals surface area contributed by atoms with E-state index in [1.54, 1.807) is 12.1 Å². The fourth-order valence-electron chi connectivity index (χ4n) is 2.45. The number of rotatable bonds is 2. The second kappa shape index (κ2) is 4.64. The minimum Gasteiger partial charge on any atom is -0.344 e. The molecule has 1 atom stereocenters. The molecule has 2 aliphatic rings. The van der Waals surface area contributed by atoms with Crippen molar-refractivity contribution in [3.63, 3.8) is 0 Å². The molecule has 0 radical (unpaired) electrons. The Morgan fingerprint density at radius 3 is 2.74 bits per heavy atom. The summed E-state index contributed by atoms with van der Waals surface area (Å²) in [4.78, 5) is 25.6. The van der Waals surface area contributed by atoms with E-state index in [2.05, 4.69) is 5.32 Å². The van der Waals surface area contributed by atoms with Gasteiger partial charge >= 0.3 is 0 Å². The Morgan fingerprint density at radius 1 is 1.26 bits per heavy atom. The quantitative estimate of drug-likeness (QED) is 0.877. The van der Waals surface area contributed by atoms with Crippen LogP contribution in [0, 0.1) is 11.7 Å². The first-order valence-electron chi connectivity index (χ1n) is 6.51. The number of hydrogen-bond acceptors (Lipinski definition) is 2. The maximum atomic E-state index is 13.3. The highest BCUT2D eigenvalue weighted by Gasteiger charge is 2.41. The lowest BCUT2D eigenvalue weighted by Gasteiger charge is -2.24. The average molecular weight is 262 g/mol. The van der Waals surface area contributed by atoms with Crippen LogP contribution < -0.4 is 10.2 Å². The van der Waals surface area contributed by atoms with E-state index in [9.17, 15) is 14.0 Å². The van der Waals surface area contributed by atoms with Gasteiger partial charge in [-0.25, -0.2) is 4.39 Å². The number of benzene rings is 1. The zero-order valence-corrected chi connectivity index (χ0v) is 10.4. The van der Waals surface area contributed by atoms with Gasteiger partial charge in [0.2, 0.25) is 11.8 Å². The molecular formula is C14H15FN2O2. The van der Waals surface area contributed by atoms with Crippen molar-refractivity contribution in [1.82, 2.24) is 5.32 Å². The number of anilines is 1. The zero-order chi connectivity index (χ0) is 13.4. The molecule has 1 saturated heterocycles. The van der Waals surface area contributed by atoms with Crippen molar-refractivity contribution in [3.8, 4) is 0 Å². The minimum absolute atomic E-state index is 0.107. The molecule has 1 aliphatic heterocycles. The Balaban J connectivity index is 1.90. The van der Waals surface area contributed by atoms with Crippen LogP contribution in [0.1, 0.15) is 19.3 Å². The monoisotopic (exact) mass is 262 g/mol. The van der Waals surface area contributed by atoms with E-state index in [4.69, 9.17) is 0 Å². The molecule has 1 saturated carbocycles. The number of amides is 2. The van der Waals surface area contributed by atoms with Gasteiger partial charge in [0.25, 0.3) is 0 Å². The highest BCUT2D eigenvalue weighted by atomic mass is 19.1. The second-order valence-corrected chi connectivity index (χ2v) is 5.10. The summed E-state index contributed by atoms with van der Waals surface area (Å²) in [5.41, 5.74) is 0.521. The molecule has 4 nitrogen and oxygen atoms in total. The van der Waals surface area contributed by atoms with Crippen LogP contribution in [0.2, 0.25) is 0 Å². The van der Waals surface area contributed by atoms with Gasteiger partial charge in [-0.2, -0.15) is 0 Å². The Hall–Kier alpha value is -1.91. The molecule has 3 rings (SSSR count). The smallest absolute Gasteiger partial charge is 0.249 e. The van der Waals surface area contributed by atoms with Gasteiger partial charge in [0.15, 0.2) is 0 Å². The molecule has 1 aromatic carbocycles. The van der Waals surface area contributed by atoms with Crippen LogP contribution in [0.15, 0.2) is 24.3 Å². The van der Waals surface area contributed by atoms with Crippen molar-refractivity contribution in [2.45, 2.75) is 25.3 Å². The van der Waals surface area contributed by atoms with Crippen LogP contribution in [0.3, 0.4) is 0 Å². The van der Waals surface area contributed by atoms with Crippen LogP contribution in [0.25, 0.3) is 0 Å². The molecule has 100 valence electrons. The molecule has 5 heteroatoms. The van der Waals surface area contributed by atoms with E-state index in [-0.39, 0.29) is 30.0 Å². The summed E-state index contributed by atoms with van der Waals surface area (Å²) in [7, 11) is 0. The normalized spacial score (nSPS) is 24.1. The van der Waals surface area contributed by atoms with Crippen molar-refractivity contribution in [1.29, 1.82) is 0 Å². The van der Waals surface area contributed by atoms with E-state index in [0.717, 1.165) is 12.8 Å². The summed E-state index contributed by atoms with van der Waals surface area (Å²) in [6.07, 6.45) is 2.19. The molecule has 1 heterocycles. The molecule has 1 unspecified atom stereocenters. The SMILES string of the molecule is O=C1CCN(c2cccc(F)c2)C(=O)C(C2CC2)N1. The Morgan fingerprint density at radius 2 is 2.05 bits per heavy atom. The lowest BCUT2D eigenvalue weighted by Crippen LogP contribution is -2.46. The Bertz CT molecular complexity index is 528. The Labute approximate surface area is 110 Å². The van der Waals surface area contributed by atoms with Crippen LogP contribution in [-0.2, 0) is 9.59 Å². The molecule has 0 bridgehead atoms. The van der Waals surface area contributed by atoms with Crippen molar-refractivity contribution in [2.24, 2.45) is 5.92 Å². The lowest BCUT2D eigenvalue weighted by atomic mass is 10.1. The molecule has 0 spiro atoms. The number of hydrogen-bond donors (Lipinski definition) is 1. The van der Waals surface area contributed by atoms with Crippen molar-refractivity contribution in [3.05, 3.63) is 30.1 Å². The minimum atomic E-state index is -0.446. The second-order valence-electron chi connectivity index (χ2n) is 5.10. The summed E-state index contributed by atoms with van der Waals surface area (Å²) < 4.78 is 13.3. The molecule has 19 heavy (non-hydrogen) atoms. The third kappa shape index (κ3) is 2.45. The van der Waals surface area contributed by atoms with Gasteiger partial charge in [0, 0.05) is 18.7 Å². The van der Waals surface area contributed by atoms with Crippen molar-refractivity contribution < 1.29 is 14.0 Å². The molecule has 2 amide bonds. The largest absolute Gasteiger partial charge is 0.344 e. The fourth-order valence-corrected chi connectivity index (χ4v) is 2.45. The topological polar surface area (TPSA) is 49.4 Å². The molecule has 1 N–H and O–H groups in total. The summed E-state index contributed by atoms with van der Waals surface area (Å²) in [5.74, 6) is -0.370. The first-order chi connectivity index (χ1) is 9.15. The maximum Gasteiger partial charge on any atom is 0.249 e. The van der Waals surface area contributed by atoms with Gasteiger partial charge in [-0.15, -0.1) is 0 Å². The summed E-state index contributed by atoms with van der Waals surface area (Å²) >= 11 is 0. The van der Waals surface area contributed by atoms with E-state index in [1.165, 1.54) is 17.0 Å². The number of carbonyl (C=O) groups is 2. The fraction of sp³-hybridized carbons (Fsp3) is 0.429. The molecule has 1 aromatic rings. The van der Waals surface area contributed by atoms with Crippen LogP contribution in [0.4, 0.5) is 10.1 Å². The number of nitrogens with zero attached hydrogens (tertiary/aromatic N) is 1. The van der Waals surface area contributed by atoms with Crippen LogP contribution >= 0.6 is 0 Å². The summed E-state index contributed by atoms with van der Waals surface area (Å²) in [5, 5.41) is 2.78. The highest BCUT2D eigenvalue weighted by molar-refractivity contribution is 6.01. The third-order valence-corrected chi connectivity index (χ3v) is 3.62. The predicted octanol–water partition coefficient (Wildman–Crippen LogP) is 1.46. The van der Waals surface area contributed by atoms with Crippen molar-refractivity contribution in [2.75, 3.05) is 11.4 Å². The standard InChI is InChI=1S/C14H15FN2O2/c15-10-2-1-3-11(8-10)17-7-6-12(18)16-13(14(17)19)9-4-5-9/h1-3,8-9,13H,4-7H2,(H,16,18). The van der Waals surface area contributed by atoms with Gasteiger partial charge in [0.05, 0.1) is 0 Å². The number of nitrogens with one attached hydrogen (secondary N) is 1. The third-order valence-electron chi connectivity index (χ3n) is 3.62. The molecule has 0 aromatic heterocycles. The van der Waals surface area contributed by atoms with E-state index in [1.807, 2.05) is 0 Å². The first kappa shape index (κ1) is 12.1. The van der Waals surface area contributed by atoms with Crippen LogP contribution in [0.5, 0.6) is 0 Å². The predicted molar refractivity (Wildman–Crippen MR) is 68.0 cm³/mol. The van der Waals surface area contributed by atoms with Gasteiger partial charge in [-0.05, 0) is 37.0 Å². The first-order valence-corrected chi connectivity index (χ1v) is 6.51. The lowest BCUT2D eigenvalue weighted by molar-refractivity contribution is -0.126. The molecule has 1 aliphatic carbocycles. The summed E-state index contributed by atoms with van der Waals surface area (Å²) in [6.45, 7) is 0.303. The zero-order valence-electron chi connectivity index (χ0n) is 10.4. The van der Waals surface area contributed by atoms with Gasteiger partial charge < -0.3 is 10.2 Å². The average Bonchev–Trinajstić information content (AvgIpc) is 3.19. The van der Waals surface area contributed by atoms with Crippen LogP contribution in [-0.4, -0.2) is 24.4 Å².